The van der Waals surface area contributed by atoms with Gasteiger partial charge in [0.1, 0.15) is 0 Å². The molecule has 0 aliphatic heterocycles. The molecule has 1 atom stereocenters. The number of hydrogen-bond acceptors (Lipinski definition) is 5. The molecule has 0 radical (unpaired) electrons. The molecule has 7 heteroatoms. The van der Waals surface area contributed by atoms with Crippen molar-refractivity contribution in [2.75, 3.05) is 24.0 Å². The normalized spacial score (nSPS) is 12.6. The lowest BCUT2D eigenvalue weighted by Gasteiger charge is -2.23. The zero-order valence-electron chi connectivity index (χ0n) is 8.74. The first kappa shape index (κ1) is 12.8. The lowest BCUT2D eigenvalue weighted by molar-refractivity contribution is 0.734. The quantitative estimate of drug-likeness (QED) is 0.837. The van der Waals surface area contributed by atoms with Crippen LogP contribution in [0.4, 0.5) is 5.95 Å². The fourth-order valence-electron chi connectivity index (χ4n) is 1.02. The van der Waals surface area contributed by atoms with Crippen LogP contribution in [-0.4, -0.2) is 40.1 Å². The molecule has 0 fully saturated rings. The Morgan fingerprint density at radius 3 is 2.27 bits per heavy atom. The molecule has 0 amide bonds. The molecule has 0 aliphatic carbocycles. The monoisotopic (exact) mass is 266 g/mol. The Balaban J connectivity index is 2.85. The third-order valence-corrected chi connectivity index (χ3v) is 3.11. The number of aromatic nitrogens is 3. The maximum absolute atomic E-state index is 5.70. The second-order valence-corrected chi connectivity index (χ2v) is 4.68. The van der Waals surface area contributed by atoms with Gasteiger partial charge in [0.2, 0.25) is 16.5 Å². The van der Waals surface area contributed by atoms with Crippen molar-refractivity contribution in [2.45, 2.75) is 13.0 Å². The number of rotatable bonds is 4. The highest BCUT2D eigenvalue weighted by atomic mass is 35.5. The summed E-state index contributed by atoms with van der Waals surface area (Å²) in [6.45, 7) is 2.09. The molecule has 1 unspecified atom stereocenters. The number of thioether (sulfide) groups is 1. The summed E-state index contributed by atoms with van der Waals surface area (Å²) in [5.41, 5.74) is 0. The van der Waals surface area contributed by atoms with Gasteiger partial charge in [0, 0.05) is 18.8 Å². The highest BCUT2D eigenvalue weighted by molar-refractivity contribution is 7.98. The predicted octanol–water partition coefficient (Wildman–Crippen LogP) is 2.37. The van der Waals surface area contributed by atoms with Crippen LogP contribution in [0.2, 0.25) is 10.6 Å². The van der Waals surface area contributed by atoms with E-state index in [-0.39, 0.29) is 10.6 Å². The maximum Gasteiger partial charge on any atom is 0.230 e. The minimum Gasteiger partial charge on any atom is -0.340 e. The van der Waals surface area contributed by atoms with Gasteiger partial charge in [0.05, 0.1) is 0 Å². The Labute approximate surface area is 103 Å². The summed E-state index contributed by atoms with van der Waals surface area (Å²) in [5, 5.41) is 0.237. The van der Waals surface area contributed by atoms with Crippen LogP contribution in [0.5, 0.6) is 0 Å². The molecule has 1 aromatic heterocycles. The summed E-state index contributed by atoms with van der Waals surface area (Å²) < 4.78 is 0. The van der Waals surface area contributed by atoms with E-state index in [1.54, 1.807) is 11.8 Å². The van der Waals surface area contributed by atoms with E-state index in [0.29, 0.717) is 12.0 Å². The molecular formula is C8H12Cl2N4S. The first-order chi connectivity index (χ1) is 7.04. The Hall–Kier alpha value is -0.260. The number of halogens is 2. The molecule has 0 N–H and O–H groups in total. The Morgan fingerprint density at radius 1 is 1.27 bits per heavy atom. The molecular weight excluding hydrogens is 255 g/mol. The van der Waals surface area contributed by atoms with Gasteiger partial charge in [0.15, 0.2) is 0 Å². The molecule has 1 heterocycles. The molecule has 0 spiro atoms. The van der Waals surface area contributed by atoms with Gasteiger partial charge in [0.25, 0.3) is 0 Å². The van der Waals surface area contributed by atoms with Gasteiger partial charge in [-0.2, -0.15) is 26.7 Å². The van der Waals surface area contributed by atoms with Gasteiger partial charge < -0.3 is 4.90 Å². The van der Waals surface area contributed by atoms with Crippen molar-refractivity contribution in [2.24, 2.45) is 0 Å². The van der Waals surface area contributed by atoms with Gasteiger partial charge in [-0.1, -0.05) is 0 Å². The molecule has 4 nitrogen and oxygen atoms in total. The summed E-state index contributed by atoms with van der Waals surface area (Å²) >= 11 is 13.2. The van der Waals surface area contributed by atoms with Crippen LogP contribution in [0, 0.1) is 0 Å². The van der Waals surface area contributed by atoms with Crippen LogP contribution in [0.3, 0.4) is 0 Å². The van der Waals surface area contributed by atoms with E-state index in [1.807, 2.05) is 11.9 Å². The summed E-state index contributed by atoms with van der Waals surface area (Å²) in [6.07, 6.45) is 2.05. The minimum absolute atomic E-state index is 0.119. The maximum atomic E-state index is 5.70. The minimum atomic E-state index is 0.119. The summed E-state index contributed by atoms with van der Waals surface area (Å²) in [4.78, 5) is 13.7. The van der Waals surface area contributed by atoms with Crippen molar-refractivity contribution in [3.8, 4) is 0 Å². The number of nitrogens with zero attached hydrogens (tertiary/aromatic N) is 4. The zero-order valence-corrected chi connectivity index (χ0v) is 11.1. The van der Waals surface area contributed by atoms with Crippen LogP contribution in [0.1, 0.15) is 6.92 Å². The average molecular weight is 267 g/mol. The van der Waals surface area contributed by atoms with Crippen LogP contribution >= 0.6 is 35.0 Å². The van der Waals surface area contributed by atoms with E-state index in [2.05, 4.69) is 28.1 Å². The largest absolute Gasteiger partial charge is 0.340 e. The topological polar surface area (TPSA) is 41.9 Å². The van der Waals surface area contributed by atoms with Crippen LogP contribution in [-0.2, 0) is 0 Å². The van der Waals surface area contributed by atoms with E-state index in [1.165, 1.54) is 0 Å². The average Bonchev–Trinajstić information content (AvgIpc) is 2.15. The lowest BCUT2D eigenvalue weighted by Crippen LogP contribution is -2.32. The summed E-state index contributed by atoms with van der Waals surface area (Å²) in [7, 11) is 1.91. The third kappa shape index (κ3) is 3.66. The third-order valence-electron chi connectivity index (χ3n) is 1.95. The number of anilines is 1. The van der Waals surface area contributed by atoms with Crippen molar-refractivity contribution in [1.29, 1.82) is 0 Å². The second-order valence-electron chi connectivity index (χ2n) is 3.09. The summed E-state index contributed by atoms with van der Waals surface area (Å²) in [6, 6.07) is 0.314. The predicted molar refractivity (Wildman–Crippen MR) is 66.1 cm³/mol. The van der Waals surface area contributed by atoms with Crippen molar-refractivity contribution in [1.82, 2.24) is 15.0 Å². The smallest absolute Gasteiger partial charge is 0.230 e. The van der Waals surface area contributed by atoms with Gasteiger partial charge >= 0.3 is 0 Å². The first-order valence-corrected chi connectivity index (χ1v) is 6.48. The standard InChI is InChI=1S/C8H12Cl2N4S/c1-5(4-15-3)14(2)8-12-6(9)11-7(10)13-8/h5H,4H2,1-3H3. The molecule has 1 rings (SSSR count). The molecule has 15 heavy (non-hydrogen) atoms. The second kappa shape index (κ2) is 5.72. The van der Waals surface area contributed by atoms with Gasteiger partial charge in [-0.25, -0.2) is 0 Å². The highest BCUT2D eigenvalue weighted by Crippen LogP contribution is 2.15. The molecule has 0 aromatic carbocycles. The van der Waals surface area contributed by atoms with Gasteiger partial charge in [-0.3, -0.25) is 0 Å². The molecule has 0 saturated heterocycles. The fraction of sp³-hybridized carbons (Fsp3) is 0.625. The van der Waals surface area contributed by atoms with E-state index >= 15 is 0 Å². The van der Waals surface area contributed by atoms with Crippen LogP contribution in [0.25, 0.3) is 0 Å². The SMILES string of the molecule is CSCC(C)N(C)c1nc(Cl)nc(Cl)n1. The fourth-order valence-corrected chi connectivity index (χ4v) is 2.08. The van der Waals surface area contributed by atoms with Crippen molar-refractivity contribution in [3.63, 3.8) is 0 Å². The first-order valence-electron chi connectivity index (χ1n) is 4.33. The van der Waals surface area contributed by atoms with Crippen LogP contribution < -0.4 is 4.90 Å². The van der Waals surface area contributed by atoms with Crippen molar-refractivity contribution >= 4 is 40.9 Å². The number of hydrogen-bond donors (Lipinski definition) is 0. The van der Waals surface area contributed by atoms with Gasteiger partial charge in [-0.05, 0) is 36.4 Å². The van der Waals surface area contributed by atoms with Crippen LogP contribution in [0.15, 0.2) is 0 Å². The molecule has 84 valence electrons. The van der Waals surface area contributed by atoms with E-state index in [0.717, 1.165) is 5.75 Å². The Bertz CT molecular complexity index is 316. The zero-order chi connectivity index (χ0) is 11.4. The highest BCUT2D eigenvalue weighted by Gasteiger charge is 2.13. The van der Waals surface area contributed by atoms with Crippen molar-refractivity contribution < 1.29 is 0 Å². The van der Waals surface area contributed by atoms with E-state index in [9.17, 15) is 0 Å². The molecule has 0 aliphatic rings. The van der Waals surface area contributed by atoms with Crippen molar-refractivity contribution in [3.05, 3.63) is 10.6 Å². The van der Waals surface area contributed by atoms with E-state index < -0.39 is 0 Å². The Kier molecular flexibility index (Phi) is 4.89. The van der Waals surface area contributed by atoms with Gasteiger partial charge in [-0.15, -0.1) is 0 Å². The molecule has 0 saturated carbocycles. The summed E-state index contributed by atoms with van der Waals surface area (Å²) in [5.74, 6) is 1.48. The lowest BCUT2D eigenvalue weighted by atomic mass is 10.3. The Morgan fingerprint density at radius 2 is 1.80 bits per heavy atom. The molecule has 0 bridgehead atoms. The van der Waals surface area contributed by atoms with E-state index in [4.69, 9.17) is 23.2 Å². The molecule has 1 aromatic rings.